The summed E-state index contributed by atoms with van der Waals surface area (Å²) in [4.78, 5) is 0. The van der Waals surface area contributed by atoms with Gasteiger partial charge in [-0.25, -0.2) is 0 Å². The molecule has 2 aromatic rings. The average molecular weight is 246 g/mol. The number of ether oxygens (including phenoxy) is 1. The van der Waals surface area contributed by atoms with Gasteiger partial charge in [0.05, 0.1) is 0 Å². The van der Waals surface area contributed by atoms with Crippen molar-refractivity contribution in [2.75, 3.05) is 0 Å². The Hall–Kier alpha value is -1.47. The first-order chi connectivity index (χ1) is 8.15. The van der Waals surface area contributed by atoms with Crippen LogP contribution in [0.5, 0.6) is 11.5 Å². The molecule has 0 fully saturated rings. The fourth-order valence-corrected chi connectivity index (χ4v) is 1.63. The zero-order valence-electron chi connectivity index (χ0n) is 9.69. The Bertz CT molecular complexity index is 471. The topological polar surface area (TPSA) is 9.23 Å². The molecule has 17 heavy (non-hydrogen) atoms. The minimum atomic E-state index is 0.291. The molecular weight excluding hydrogens is 232 g/mol. The molecule has 0 N–H and O–H groups in total. The zero-order valence-corrected chi connectivity index (χ0v) is 10.4. The summed E-state index contributed by atoms with van der Waals surface area (Å²) in [7, 11) is 0. The van der Waals surface area contributed by atoms with E-state index in [0.29, 0.717) is 10.9 Å². The first-order valence-electron chi connectivity index (χ1n) is 5.51. The second-order valence-electron chi connectivity index (χ2n) is 4.03. The summed E-state index contributed by atoms with van der Waals surface area (Å²) in [5.41, 5.74) is 1.20. The minimum Gasteiger partial charge on any atom is -0.457 e. The van der Waals surface area contributed by atoms with E-state index in [9.17, 15) is 0 Å². The lowest BCUT2D eigenvalue weighted by atomic mass is 10.0. The van der Waals surface area contributed by atoms with Crippen molar-refractivity contribution in [2.45, 2.75) is 12.8 Å². The molecule has 0 spiro atoms. The fourth-order valence-electron chi connectivity index (χ4n) is 1.50. The van der Waals surface area contributed by atoms with E-state index in [1.807, 2.05) is 48.5 Å². The molecule has 0 heterocycles. The highest BCUT2D eigenvalue weighted by molar-refractivity contribution is 6.30. The van der Waals surface area contributed by atoms with Gasteiger partial charge in [0.25, 0.3) is 0 Å². The summed E-state index contributed by atoms with van der Waals surface area (Å²) >= 11 is 5.81. The number of rotatable bonds is 3. The van der Waals surface area contributed by atoms with Crippen LogP contribution in [0.3, 0.4) is 0 Å². The van der Waals surface area contributed by atoms with Gasteiger partial charge in [0.2, 0.25) is 0 Å². The second-order valence-corrected chi connectivity index (χ2v) is 4.46. The van der Waals surface area contributed by atoms with E-state index in [0.717, 1.165) is 11.5 Å². The van der Waals surface area contributed by atoms with Crippen LogP contribution in [0.15, 0.2) is 48.5 Å². The van der Waals surface area contributed by atoms with E-state index in [1.165, 1.54) is 5.56 Å². The molecule has 1 atom stereocenters. The molecule has 0 aliphatic carbocycles. The molecule has 0 aliphatic rings. The molecule has 2 heteroatoms. The average Bonchev–Trinajstić information content (AvgIpc) is 2.33. The third-order valence-electron chi connectivity index (χ3n) is 2.50. The Morgan fingerprint density at radius 1 is 0.941 bits per heavy atom. The van der Waals surface area contributed by atoms with E-state index < -0.39 is 0 Å². The Balaban J connectivity index is 2.11. The van der Waals surface area contributed by atoms with Crippen molar-refractivity contribution in [1.29, 1.82) is 0 Å². The summed E-state index contributed by atoms with van der Waals surface area (Å²) in [5.74, 6) is 1.89. The quantitative estimate of drug-likeness (QED) is 0.734. The van der Waals surface area contributed by atoms with Gasteiger partial charge in [0, 0.05) is 5.02 Å². The van der Waals surface area contributed by atoms with Crippen molar-refractivity contribution in [3.8, 4) is 11.5 Å². The Labute approximate surface area is 107 Å². The Kier molecular flexibility index (Phi) is 3.70. The molecule has 2 aromatic carbocycles. The van der Waals surface area contributed by atoms with E-state index in [-0.39, 0.29) is 0 Å². The molecule has 0 amide bonds. The first kappa shape index (κ1) is 12.0. The third-order valence-corrected chi connectivity index (χ3v) is 2.75. The maximum Gasteiger partial charge on any atom is 0.127 e. The monoisotopic (exact) mass is 245 g/mol. The van der Waals surface area contributed by atoms with Gasteiger partial charge in [-0.05, 0) is 54.8 Å². The standard InChI is InChI=1S/C15H14ClO/c1-11(2)12-3-7-14(8-4-12)17-15-9-5-13(16)6-10-15/h3-11H,1H2,2H3. The van der Waals surface area contributed by atoms with E-state index in [1.54, 1.807) is 0 Å². The van der Waals surface area contributed by atoms with Gasteiger partial charge >= 0.3 is 0 Å². The van der Waals surface area contributed by atoms with Crippen LogP contribution in [0, 0.1) is 6.92 Å². The van der Waals surface area contributed by atoms with Crippen molar-refractivity contribution >= 4 is 11.6 Å². The lowest BCUT2D eigenvalue weighted by molar-refractivity contribution is 0.482. The number of hydrogen-bond acceptors (Lipinski definition) is 1. The zero-order chi connectivity index (χ0) is 12.3. The molecule has 1 radical (unpaired) electrons. The van der Waals surface area contributed by atoms with Crippen molar-refractivity contribution < 1.29 is 4.74 Å². The van der Waals surface area contributed by atoms with Gasteiger partial charge in [-0.1, -0.05) is 30.7 Å². The first-order valence-corrected chi connectivity index (χ1v) is 5.89. The highest BCUT2D eigenvalue weighted by Crippen LogP contribution is 2.24. The Morgan fingerprint density at radius 3 is 1.88 bits per heavy atom. The molecule has 0 aliphatic heterocycles. The maximum atomic E-state index is 5.81. The number of hydrogen-bond donors (Lipinski definition) is 0. The van der Waals surface area contributed by atoms with Crippen LogP contribution in [0.1, 0.15) is 18.4 Å². The van der Waals surface area contributed by atoms with Crippen molar-refractivity contribution in [3.63, 3.8) is 0 Å². The molecule has 87 valence electrons. The van der Waals surface area contributed by atoms with Gasteiger partial charge in [0.15, 0.2) is 0 Å². The van der Waals surface area contributed by atoms with E-state index in [4.69, 9.17) is 16.3 Å². The highest BCUT2D eigenvalue weighted by atomic mass is 35.5. The van der Waals surface area contributed by atoms with E-state index >= 15 is 0 Å². The van der Waals surface area contributed by atoms with Crippen molar-refractivity contribution in [2.24, 2.45) is 0 Å². The van der Waals surface area contributed by atoms with Crippen LogP contribution < -0.4 is 4.74 Å². The molecule has 0 bridgehead atoms. The summed E-state index contributed by atoms with van der Waals surface area (Å²) < 4.78 is 5.69. The molecule has 0 aromatic heterocycles. The van der Waals surface area contributed by atoms with Crippen LogP contribution in [-0.4, -0.2) is 0 Å². The van der Waals surface area contributed by atoms with Gasteiger partial charge in [0.1, 0.15) is 11.5 Å². The smallest absolute Gasteiger partial charge is 0.127 e. The van der Waals surface area contributed by atoms with Crippen LogP contribution in [-0.2, 0) is 0 Å². The fraction of sp³-hybridized carbons (Fsp3) is 0.133. The molecule has 1 unspecified atom stereocenters. The third kappa shape index (κ3) is 3.24. The normalized spacial score (nSPS) is 10.6. The van der Waals surface area contributed by atoms with Gasteiger partial charge in [-0.3, -0.25) is 0 Å². The van der Waals surface area contributed by atoms with Crippen molar-refractivity contribution in [1.82, 2.24) is 0 Å². The summed E-state index contributed by atoms with van der Waals surface area (Å²) in [6.07, 6.45) is 0. The largest absolute Gasteiger partial charge is 0.457 e. The summed E-state index contributed by atoms with van der Waals surface area (Å²) in [5, 5.41) is 0.707. The van der Waals surface area contributed by atoms with Crippen LogP contribution in [0.4, 0.5) is 0 Å². The van der Waals surface area contributed by atoms with Crippen molar-refractivity contribution in [3.05, 3.63) is 66.0 Å². The van der Waals surface area contributed by atoms with Crippen LogP contribution in [0.2, 0.25) is 5.02 Å². The van der Waals surface area contributed by atoms with Crippen LogP contribution >= 0.6 is 11.6 Å². The molecule has 0 saturated carbocycles. The molecular formula is C15H14ClO. The predicted octanol–water partition coefficient (Wildman–Crippen LogP) is 5.07. The molecule has 0 saturated heterocycles. The van der Waals surface area contributed by atoms with E-state index in [2.05, 4.69) is 13.8 Å². The predicted molar refractivity (Wildman–Crippen MR) is 71.7 cm³/mol. The van der Waals surface area contributed by atoms with Gasteiger partial charge in [-0.15, -0.1) is 0 Å². The summed E-state index contributed by atoms with van der Waals surface area (Å²) in [6, 6.07) is 15.3. The van der Waals surface area contributed by atoms with Gasteiger partial charge in [-0.2, -0.15) is 0 Å². The minimum absolute atomic E-state index is 0.291. The highest BCUT2D eigenvalue weighted by Gasteiger charge is 2.00. The lowest BCUT2D eigenvalue weighted by Gasteiger charge is -2.08. The second kappa shape index (κ2) is 5.24. The molecule has 1 nitrogen and oxygen atoms in total. The molecule has 2 rings (SSSR count). The van der Waals surface area contributed by atoms with Crippen LogP contribution in [0.25, 0.3) is 0 Å². The van der Waals surface area contributed by atoms with Gasteiger partial charge < -0.3 is 4.74 Å². The summed E-state index contributed by atoms with van der Waals surface area (Å²) in [6.45, 7) is 6.04. The maximum absolute atomic E-state index is 5.81. The lowest BCUT2D eigenvalue weighted by Crippen LogP contribution is -1.88. The number of benzene rings is 2. The number of halogens is 1. The SMILES string of the molecule is [CH2]C(C)c1ccc(Oc2ccc(Cl)cc2)cc1. The Morgan fingerprint density at radius 2 is 1.41 bits per heavy atom.